The summed E-state index contributed by atoms with van der Waals surface area (Å²) in [6, 6.07) is 5.52. The first-order valence-corrected chi connectivity index (χ1v) is 7.47. The Morgan fingerprint density at radius 3 is 3.05 bits per heavy atom. The van der Waals surface area contributed by atoms with E-state index >= 15 is 0 Å². The maximum atomic E-state index is 12.2. The zero-order valence-electron chi connectivity index (χ0n) is 12.2. The number of aryl methyl sites for hydroxylation is 1. The molecule has 6 nitrogen and oxygen atoms in total. The van der Waals surface area contributed by atoms with Gasteiger partial charge in [-0.15, -0.1) is 0 Å². The quantitative estimate of drug-likeness (QED) is 0.802. The molecule has 1 N–H and O–H groups in total. The molecule has 1 saturated carbocycles. The van der Waals surface area contributed by atoms with Gasteiger partial charge in [0.15, 0.2) is 11.5 Å². The van der Waals surface area contributed by atoms with Crippen LogP contribution < -0.4 is 5.32 Å². The van der Waals surface area contributed by atoms with Crippen LogP contribution >= 0.6 is 0 Å². The Morgan fingerprint density at radius 1 is 1.45 bits per heavy atom. The highest BCUT2D eigenvalue weighted by Crippen LogP contribution is 2.40. The van der Waals surface area contributed by atoms with E-state index in [-0.39, 0.29) is 5.91 Å². The van der Waals surface area contributed by atoms with Gasteiger partial charge >= 0.3 is 0 Å². The molecule has 0 spiro atoms. The van der Waals surface area contributed by atoms with E-state index in [2.05, 4.69) is 15.4 Å². The van der Waals surface area contributed by atoms with Crippen LogP contribution in [0.2, 0.25) is 0 Å². The Kier molecular flexibility index (Phi) is 2.96. The third kappa shape index (κ3) is 2.36. The molecule has 1 aliphatic carbocycles. The van der Waals surface area contributed by atoms with Gasteiger partial charge in [0.25, 0.3) is 5.91 Å². The number of hydrogen-bond donors (Lipinski definition) is 1. The Hall–Kier alpha value is -2.63. The summed E-state index contributed by atoms with van der Waals surface area (Å²) in [5, 5.41) is 6.97. The monoisotopic (exact) mass is 296 g/mol. The van der Waals surface area contributed by atoms with Crippen LogP contribution in [0.3, 0.4) is 0 Å². The zero-order valence-corrected chi connectivity index (χ0v) is 12.2. The van der Waals surface area contributed by atoms with Crippen molar-refractivity contribution in [3.63, 3.8) is 0 Å². The van der Waals surface area contributed by atoms with Crippen molar-refractivity contribution in [2.75, 3.05) is 5.32 Å². The number of oxazole rings is 1. The fraction of sp³-hybridized carbons (Fsp3) is 0.312. The summed E-state index contributed by atoms with van der Waals surface area (Å²) in [5.74, 6) is 1.11. The molecule has 1 aromatic carbocycles. The van der Waals surface area contributed by atoms with Crippen LogP contribution in [0.15, 0.2) is 35.0 Å². The molecule has 1 aliphatic rings. The van der Waals surface area contributed by atoms with Crippen molar-refractivity contribution in [1.29, 1.82) is 0 Å². The number of benzene rings is 1. The van der Waals surface area contributed by atoms with Gasteiger partial charge in [0.2, 0.25) is 0 Å². The first-order chi connectivity index (χ1) is 10.7. The van der Waals surface area contributed by atoms with Crippen molar-refractivity contribution in [1.82, 2.24) is 14.8 Å². The van der Waals surface area contributed by atoms with E-state index in [1.54, 1.807) is 17.1 Å². The minimum absolute atomic E-state index is 0.180. The largest absolute Gasteiger partial charge is 0.440 e. The molecule has 0 bridgehead atoms. The van der Waals surface area contributed by atoms with Gasteiger partial charge in [-0.2, -0.15) is 5.10 Å². The van der Waals surface area contributed by atoms with Crippen molar-refractivity contribution in [2.24, 2.45) is 0 Å². The number of rotatable bonds is 4. The van der Waals surface area contributed by atoms with Gasteiger partial charge in [-0.3, -0.25) is 9.48 Å². The maximum Gasteiger partial charge on any atom is 0.258 e. The van der Waals surface area contributed by atoms with Crippen LogP contribution in [0.1, 0.15) is 41.9 Å². The number of hydrogen-bond acceptors (Lipinski definition) is 4. The summed E-state index contributed by atoms with van der Waals surface area (Å²) in [6.07, 6.45) is 5.60. The average Bonchev–Trinajstić information content (AvgIpc) is 3.11. The molecule has 1 amide bonds. The number of carbonyl (C=O) groups is 1. The Bertz CT molecular complexity index is 845. The van der Waals surface area contributed by atoms with E-state index in [0.29, 0.717) is 22.8 Å². The van der Waals surface area contributed by atoms with Gasteiger partial charge in [0.1, 0.15) is 5.52 Å². The molecule has 0 unspecified atom stereocenters. The second-order valence-corrected chi connectivity index (χ2v) is 5.55. The number of nitrogens with zero attached hydrogens (tertiary/aromatic N) is 3. The summed E-state index contributed by atoms with van der Waals surface area (Å²) < 4.78 is 7.48. The van der Waals surface area contributed by atoms with Crippen molar-refractivity contribution in [2.45, 2.75) is 32.2 Å². The number of anilines is 1. The van der Waals surface area contributed by atoms with Gasteiger partial charge < -0.3 is 9.73 Å². The van der Waals surface area contributed by atoms with Crippen LogP contribution in [-0.4, -0.2) is 20.7 Å². The molecule has 0 atom stereocenters. The topological polar surface area (TPSA) is 73.0 Å². The number of aromatic nitrogens is 3. The molecule has 2 heterocycles. The van der Waals surface area contributed by atoms with E-state index in [1.165, 1.54) is 0 Å². The summed E-state index contributed by atoms with van der Waals surface area (Å²) in [4.78, 5) is 16.7. The summed E-state index contributed by atoms with van der Waals surface area (Å²) in [6.45, 7) is 2.71. The lowest BCUT2D eigenvalue weighted by Crippen LogP contribution is -2.10. The fourth-order valence-corrected chi connectivity index (χ4v) is 2.38. The number of amides is 1. The predicted octanol–water partition coefficient (Wildman–Crippen LogP) is 3.17. The fourth-order valence-electron chi connectivity index (χ4n) is 2.38. The van der Waals surface area contributed by atoms with Crippen molar-refractivity contribution < 1.29 is 9.21 Å². The third-order valence-corrected chi connectivity index (χ3v) is 3.81. The van der Waals surface area contributed by atoms with Gasteiger partial charge in [0, 0.05) is 30.4 Å². The third-order valence-electron chi connectivity index (χ3n) is 3.81. The minimum Gasteiger partial charge on any atom is -0.440 e. The lowest BCUT2D eigenvalue weighted by molar-refractivity contribution is 0.102. The number of carbonyl (C=O) groups excluding carboxylic acids is 1. The Labute approximate surface area is 127 Å². The molecule has 0 saturated heterocycles. The molecule has 6 heteroatoms. The van der Waals surface area contributed by atoms with E-state index in [0.717, 1.165) is 30.8 Å². The summed E-state index contributed by atoms with van der Waals surface area (Å²) in [7, 11) is 0. The molecular weight excluding hydrogens is 280 g/mol. The minimum atomic E-state index is -0.180. The molecule has 22 heavy (non-hydrogen) atoms. The first-order valence-electron chi connectivity index (χ1n) is 7.47. The normalized spacial score (nSPS) is 14.4. The molecule has 4 rings (SSSR count). The van der Waals surface area contributed by atoms with Crippen molar-refractivity contribution in [3.05, 3.63) is 42.0 Å². The van der Waals surface area contributed by atoms with E-state index in [9.17, 15) is 4.79 Å². The predicted molar refractivity (Wildman–Crippen MR) is 81.8 cm³/mol. The second kappa shape index (κ2) is 4.98. The van der Waals surface area contributed by atoms with Crippen LogP contribution in [0, 0.1) is 0 Å². The molecular formula is C16H16N4O2. The maximum absolute atomic E-state index is 12.2. The van der Waals surface area contributed by atoms with Crippen LogP contribution in [0.25, 0.3) is 11.1 Å². The summed E-state index contributed by atoms with van der Waals surface area (Å²) in [5.41, 5.74) is 2.78. The molecule has 0 aliphatic heterocycles. The van der Waals surface area contributed by atoms with E-state index in [4.69, 9.17) is 4.42 Å². The van der Waals surface area contributed by atoms with Crippen molar-refractivity contribution in [3.8, 4) is 0 Å². The number of fused-ring (bicyclic) bond motifs is 1. The van der Waals surface area contributed by atoms with Gasteiger partial charge in [0.05, 0.1) is 11.8 Å². The SMILES string of the molecule is CCn1cc(C(=O)Nc2ccc3nc(C4CC4)oc3c2)cn1. The molecule has 112 valence electrons. The van der Waals surface area contributed by atoms with E-state index in [1.807, 2.05) is 25.1 Å². The lowest BCUT2D eigenvalue weighted by Gasteiger charge is -2.02. The van der Waals surface area contributed by atoms with E-state index < -0.39 is 0 Å². The standard InChI is InChI=1S/C16H16N4O2/c1-2-20-9-11(8-17-20)15(21)18-12-5-6-13-14(7-12)22-16(19-13)10-3-4-10/h5-10H,2-4H2,1H3,(H,18,21). The Morgan fingerprint density at radius 2 is 2.32 bits per heavy atom. The second-order valence-electron chi connectivity index (χ2n) is 5.55. The van der Waals surface area contributed by atoms with Crippen molar-refractivity contribution >= 4 is 22.7 Å². The summed E-state index contributed by atoms with van der Waals surface area (Å²) >= 11 is 0. The zero-order chi connectivity index (χ0) is 15.1. The molecule has 0 radical (unpaired) electrons. The molecule has 3 aromatic rings. The van der Waals surface area contributed by atoms with Gasteiger partial charge in [-0.1, -0.05) is 0 Å². The smallest absolute Gasteiger partial charge is 0.258 e. The van der Waals surface area contributed by atoms with Crippen LogP contribution in [0.5, 0.6) is 0 Å². The highest BCUT2D eigenvalue weighted by molar-refractivity contribution is 6.04. The van der Waals surface area contributed by atoms with Gasteiger partial charge in [-0.05, 0) is 31.9 Å². The average molecular weight is 296 g/mol. The van der Waals surface area contributed by atoms with Gasteiger partial charge in [-0.25, -0.2) is 4.98 Å². The van der Waals surface area contributed by atoms with Crippen LogP contribution in [0.4, 0.5) is 5.69 Å². The highest BCUT2D eigenvalue weighted by atomic mass is 16.3. The molecule has 1 fully saturated rings. The highest BCUT2D eigenvalue weighted by Gasteiger charge is 2.28. The lowest BCUT2D eigenvalue weighted by atomic mass is 10.2. The molecule has 2 aromatic heterocycles. The first kappa shape index (κ1) is 13.1. The van der Waals surface area contributed by atoms with Crippen LogP contribution in [-0.2, 0) is 6.54 Å². The number of nitrogens with one attached hydrogen (secondary N) is 1. The Balaban J connectivity index is 1.56.